The van der Waals surface area contributed by atoms with Gasteiger partial charge in [0.05, 0.1) is 11.6 Å². The van der Waals surface area contributed by atoms with E-state index in [1.165, 1.54) is 0 Å². The molecule has 1 aliphatic rings. The van der Waals surface area contributed by atoms with Gasteiger partial charge in [-0.15, -0.1) is 0 Å². The predicted octanol–water partition coefficient (Wildman–Crippen LogP) is 3.04. The third-order valence-electron chi connectivity index (χ3n) is 3.78. The molecule has 1 aromatic rings. The van der Waals surface area contributed by atoms with Gasteiger partial charge in [-0.2, -0.15) is 0 Å². The lowest BCUT2D eigenvalue weighted by atomic mass is 9.80. The molecule has 1 saturated carbocycles. The first kappa shape index (κ1) is 13.7. The van der Waals surface area contributed by atoms with Crippen LogP contribution in [0.2, 0.25) is 5.02 Å². The molecule has 2 rings (SSSR count). The summed E-state index contributed by atoms with van der Waals surface area (Å²) in [5.41, 5.74) is 7.01. The fourth-order valence-electron chi connectivity index (χ4n) is 2.70. The summed E-state index contributed by atoms with van der Waals surface area (Å²) in [4.78, 5) is 0. The lowest BCUT2D eigenvalue weighted by molar-refractivity contribution is 0.0483. The van der Waals surface area contributed by atoms with Crippen molar-refractivity contribution in [1.82, 2.24) is 0 Å². The molecule has 2 unspecified atom stereocenters. The lowest BCUT2D eigenvalue weighted by Crippen LogP contribution is -2.50. The van der Waals surface area contributed by atoms with E-state index in [0.29, 0.717) is 12.6 Å². The molecular weight excluding hydrogens is 248 g/mol. The molecule has 0 heterocycles. The Kier molecular flexibility index (Phi) is 4.49. The number of anilines is 1. The number of benzene rings is 1. The van der Waals surface area contributed by atoms with E-state index in [9.17, 15) is 0 Å². The number of halogens is 1. The van der Waals surface area contributed by atoms with Crippen LogP contribution in [0.1, 0.15) is 25.7 Å². The minimum Gasteiger partial charge on any atom is -0.381 e. The van der Waals surface area contributed by atoms with Crippen molar-refractivity contribution in [2.75, 3.05) is 19.0 Å². The molecule has 18 heavy (non-hydrogen) atoms. The first-order valence-corrected chi connectivity index (χ1v) is 6.82. The van der Waals surface area contributed by atoms with Crippen LogP contribution in [0.25, 0.3) is 0 Å². The number of hydrogen-bond donors (Lipinski definition) is 2. The van der Waals surface area contributed by atoms with Crippen molar-refractivity contribution in [2.24, 2.45) is 5.73 Å². The van der Waals surface area contributed by atoms with Gasteiger partial charge < -0.3 is 15.8 Å². The SMILES string of the molecule is COC1CCCC(CN)(Nc2ccc(Cl)cc2)C1. The summed E-state index contributed by atoms with van der Waals surface area (Å²) in [5.74, 6) is 0. The Bertz CT molecular complexity index is 382. The van der Waals surface area contributed by atoms with Crippen LogP contribution < -0.4 is 11.1 Å². The first-order valence-electron chi connectivity index (χ1n) is 6.44. The van der Waals surface area contributed by atoms with Gasteiger partial charge in [0.15, 0.2) is 0 Å². The Hall–Kier alpha value is -0.770. The Labute approximate surface area is 114 Å². The third kappa shape index (κ3) is 3.16. The smallest absolute Gasteiger partial charge is 0.0594 e. The Morgan fingerprint density at radius 2 is 2.17 bits per heavy atom. The molecule has 0 aromatic heterocycles. The maximum Gasteiger partial charge on any atom is 0.0594 e. The Balaban J connectivity index is 2.09. The summed E-state index contributed by atoms with van der Waals surface area (Å²) in [6, 6.07) is 7.78. The summed E-state index contributed by atoms with van der Waals surface area (Å²) in [6.07, 6.45) is 4.63. The molecule has 3 N–H and O–H groups in total. The largest absolute Gasteiger partial charge is 0.381 e. The van der Waals surface area contributed by atoms with Gasteiger partial charge in [0, 0.05) is 24.4 Å². The van der Waals surface area contributed by atoms with Gasteiger partial charge in [0.25, 0.3) is 0 Å². The fraction of sp³-hybridized carbons (Fsp3) is 0.571. The number of nitrogens with two attached hydrogens (primary N) is 1. The number of methoxy groups -OCH3 is 1. The first-order chi connectivity index (χ1) is 8.67. The molecule has 0 spiro atoms. The number of hydrogen-bond acceptors (Lipinski definition) is 3. The number of ether oxygens (including phenoxy) is 1. The molecular formula is C14H21ClN2O. The monoisotopic (exact) mass is 268 g/mol. The minimum absolute atomic E-state index is 0.0489. The third-order valence-corrected chi connectivity index (χ3v) is 4.03. The van der Waals surface area contributed by atoms with E-state index < -0.39 is 0 Å². The van der Waals surface area contributed by atoms with Crippen molar-refractivity contribution in [3.05, 3.63) is 29.3 Å². The standard InChI is InChI=1S/C14H21ClN2O/c1-18-13-3-2-8-14(9-13,10-16)17-12-6-4-11(15)5-7-12/h4-7,13,17H,2-3,8-10,16H2,1H3. The predicted molar refractivity (Wildman–Crippen MR) is 76.1 cm³/mol. The Morgan fingerprint density at radius 3 is 2.78 bits per heavy atom. The van der Waals surface area contributed by atoms with Gasteiger partial charge in [-0.25, -0.2) is 0 Å². The maximum absolute atomic E-state index is 5.99. The quantitative estimate of drug-likeness (QED) is 0.882. The van der Waals surface area contributed by atoms with Crippen LogP contribution in [0.4, 0.5) is 5.69 Å². The summed E-state index contributed by atoms with van der Waals surface area (Å²) >= 11 is 5.90. The highest BCUT2D eigenvalue weighted by molar-refractivity contribution is 6.30. The van der Waals surface area contributed by atoms with E-state index in [0.717, 1.165) is 36.4 Å². The summed E-state index contributed by atoms with van der Waals surface area (Å²) in [5, 5.41) is 4.32. The summed E-state index contributed by atoms with van der Waals surface area (Å²) in [7, 11) is 1.78. The van der Waals surface area contributed by atoms with E-state index in [-0.39, 0.29) is 5.54 Å². The number of rotatable bonds is 4. The van der Waals surface area contributed by atoms with Gasteiger partial charge in [-0.3, -0.25) is 0 Å². The molecule has 0 amide bonds. The van der Waals surface area contributed by atoms with Gasteiger partial charge in [-0.1, -0.05) is 11.6 Å². The maximum atomic E-state index is 5.99. The average molecular weight is 269 g/mol. The molecule has 1 aliphatic carbocycles. The molecule has 0 saturated heterocycles. The lowest BCUT2D eigenvalue weighted by Gasteiger charge is -2.41. The summed E-state index contributed by atoms with van der Waals surface area (Å²) < 4.78 is 5.49. The van der Waals surface area contributed by atoms with Gasteiger partial charge in [0.2, 0.25) is 0 Å². The molecule has 3 nitrogen and oxygen atoms in total. The van der Waals surface area contributed by atoms with E-state index in [4.69, 9.17) is 22.1 Å². The van der Waals surface area contributed by atoms with Crippen molar-refractivity contribution in [2.45, 2.75) is 37.3 Å². The Morgan fingerprint density at radius 1 is 1.44 bits per heavy atom. The van der Waals surface area contributed by atoms with Crippen molar-refractivity contribution in [3.63, 3.8) is 0 Å². The van der Waals surface area contributed by atoms with Crippen LogP contribution in [0.3, 0.4) is 0 Å². The molecule has 0 bridgehead atoms. The average Bonchev–Trinajstić information content (AvgIpc) is 2.42. The highest BCUT2D eigenvalue weighted by Gasteiger charge is 2.35. The second-order valence-electron chi connectivity index (χ2n) is 5.07. The van der Waals surface area contributed by atoms with Crippen molar-refractivity contribution in [3.8, 4) is 0 Å². The fourth-order valence-corrected chi connectivity index (χ4v) is 2.82. The van der Waals surface area contributed by atoms with Crippen LogP contribution in [-0.4, -0.2) is 25.3 Å². The minimum atomic E-state index is -0.0489. The van der Waals surface area contributed by atoms with Crippen molar-refractivity contribution < 1.29 is 4.74 Å². The van der Waals surface area contributed by atoms with E-state index in [1.807, 2.05) is 24.3 Å². The van der Waals surface area contributed by atoms with Crippen LogP contribution in [0.15, 0.2) is 24.3 Å². The zero-order valence-corrected chi connectivity index (χ0v) is 11.5. The van der Waals surface area contributed by atoms with Crippen LogP contribution in [0, 0.1) is 0 Å². The molecule has 1 fully saturated rings. The second-order valence-corrected chi connectivity index (χ2v) is 5.51. The molecule has 1 aromatic carbocycles. The zero-order valence-electron chi connectivity index (χ0n) is 10.8. The highest BCUT2D eigenvalue weighted by atomic mass is 35.5. The van der Waals surface area contributed by atoms with Gasteiger partial charge >= 0.3 is 0 Å². The van der Waals surface area contributed by atoms with E-state index in [1.54, 1.807) is 7.11 Å². The van der Waals surface area contributed by atoms with Crippen molar-refractivity contribution in [1.29, 1.82) is 0 Å². The molecule has 4 heteroatoms. The molecule has 0 radical (unpaired) electrons. The zero-order chi connectivity index (χ0) is 13.0. The van der Waals surface area contributed by atoms with E-state index in [2.05, 4.69) is 5.32 Å². The van der Waals surface area contributed by atoms with Gasteiger partial charge in [0.1, 0.15) is 0 Å². The van der Waals surface area contributed by atoms with Crippen LogP contribution in [0.5, 0.6) is 0 Å². The normalized spacial score (nSPS) is 28.1. The molecule has 100 valence electrons. The van der Waals surface area contributed by atoms with Crippen molar-refractivity contribution >= 4 is 17.3 Å². The van der Waals surface area contributed by atoms with Crippen LogP contribution >= 0.6 is 11.6 Å². The molecule has 2 atom stereocenters. The van der Waals surface area contributed by atoms with Gasteiger partial charge in [-0.05, 0) is 49.9 Å². The second kappa shape index (κ2) is 5.91. The van der Waals surface area contributed by atoms with E-state index >= 15 is 0 Å². The highest BCUT2D eigenvalue weighted by Crippen LogP contribution is 2.32. The molecule has 0 aliphatic heterocycles. The topological polar surface area (TPSA) is 47.3 Å². The van der Waals surface area contributed by atoms with Crippen LogP contribution in [-0.2, 0) is 4.74 Å². The number of nitrogens with one attached hydrogen (secondary N) is 1. The summed E-state index contributed by atoms with van der Waals surface area (Å²) in [6.45, 7) is 0.621.